The predicted molar refractivity (Wildman–Crippen MR) is 90.8 cm³/mol. The third-order valence-corrected chi connectivity index (χ3v) is 4.63. The zero-order valence-corrected chi connectivity index (χ0v) is 14.3. The standard InChI is InChI=1S/C17H22ClN3O2/c1-12-8-14(15(23-2)9-13(12)18)20-10-16(22)21-17(11-19)6-4-3-5-7-17/h8-9,20H,3-7,10H2,1-2H3,(H,21,22). The third-order valence-electron chi connectivity index (χ3n) is 4.22. The summed E-state index contributed by atoms with van der Waals surface area (Å²) in [7, 11) is 1.55. The molecule has 1 saturated carbocycles. The monoisotopic (exact) mass is 335 g/mol. The number of ether oxygens (including phenoxy) is 1. The van der Waals surface area contributed by atoms with Crippen LogP contribution in [-0.2, 0) is 4.79 Å². The lowest BCUT2D eigenvalue weighted by Crippen LogP contribution is -2.50. The number of halogens is 1. The first-order valence-electron chi connectivity index (χ1n) is 7.80. The Morgan fingerprint density at radius 2 is 2.09 bits per heavy atom. The minimum atomic E-state index is -0.711. The minimum absolute atomic E-state index is 0.0842. The lowest BCUT2D eigenvalue weighted by Gasteiger charge is -2.31. The van der Waals surface area contributed by atoms with Crippen LogP contribution in [0.25, 0.3) is 0 Å². The fourth-order valence-corrected chi connectivity index (χ4v) is 3.03. The Hall–Kier alpha value is -1.93. The first kappa shape index (κ1) is 17.4. The second-order valence-electron chi connectivity index (χ2n) is 5.96. The van der Waals surface area contributed by atoms with Gasteiger partial charge < -0.3 is 15.4 Å². The lowest BCUT2D eigenvalue weighted by atomic mass is 9.83. The van der Waals surface area contributed by atoms with Crippen LogP contribution in [0.4, 0.5) is 5.69 Å². The number of carbonyl (C=O) groups excluding carboxylic acids is 1. The normalized spacial score (nSPS) is 16.3. The Kier molecular flexibility index (Phi) is 5.73. The summed E-state index contributed by atoms with van der Waals surface area (Å²) < 4.78 is 5.27. The van der Waals surface area contributed by atoms with Gasteiger partial charge in [-0.05, 0) is 31.4 Å². The van der Waals surface area contributed by atoms with Crippen molar-refractivity contribution in [1.82, 2.24) is 5.32 Å². The molecule has 0 atom stereocenters. The number of nitrogens with one attached hydrogen (secondary N) is 2. The summed E-state index contributed by atoms with van der Waals surface area (Å²) in [6.45, 7) is 1.97. The number of nitriles is 1. The van der Waals surface area contributed by atoms with E-state index in [9.17, 15) is 10.1 Å². The Labute approximate surface area is 142 Å². The van der Waals surface area contributed by atoms with E-state index in [0.29, 0.717) is 16.5 Å². The summed E-state index contributed by atoms with van der Waals surface area (Å²) in [6.07, 6.45) is 4.52. The van der Waals surface area contributed by atoms with Gasteiger partial charge in [-0.25, -0.2) is 0 Å². The molecule has 0 bridgehead atoms. The second kappa shape index (κ2) is 7.56. The van der Waals surface area contributed by atoms with Crippen molar-refractivity contribution in [2.75, 3.05) is 19.0 Å². The van der Waals surface area contributed by atoms with Gasteiger partial charge in [-0.1, -0.05) is 30.9 Å². The number of amides is 1. The van der Waals surface area contributed by atoms with Crippen LogP contribution in [0.5, 0.6) is 5.75 Å². The molecule has 2 rings (SSSR count). The third kappa shape index (κ3) is 4.29. The number of hydrogen-bond acceptors (Lipinski definition) is 4. The summed E-state index contributed by atoms with van der Waals surface area (Å²) in [5.41, 5.74) is 0.896. The largest absolute Gasteiger partial charge is 0.495 e. The second-order valence-corrected chi connectivity index (χ2v) is 6.37. The summed E-state index contributed by atoms with van der Waals surface area (Å²) >= 11 is 6.07. The van der Waals surface area contributed by atoms with Crippen LogP contribution in [-0.4, -0.2) is 25.1 Å². The van der Waals surface area contributed by atoms with Gasteiger partial charge in [0.1, 0.15) is 11.3 Å². The van der Waals surface area contributed by atoms with E-state index in [2.05, 4.69) is 16.7 Å². The van der Waals surface area contributed by atoms with Crippen molar-refractivity contribution in [2.24, 2.45) is 0 Å². The van der Waals surface area contributed by atoms with Gasteiger partial charge in [0.15, 0.2) is 0 Å². The molecule has 0 aliphatic heterocycles. The van der Waals surface area contributed by atoms with Crippen molar-refractivity contribution in [3.05, 3.63) is 22.7 Å². The molecule has 6 heteroatoms. The van der Waals surface area contributed by atoms with Crippen LogP contribution < -0.4 is 15.4 Å². The van der Waals surface area contributed by atoms with Gasteiger partial charge in [-0.2, -0.15) is 5.26 Å². The molecule has 0 saturated heterocycles. The van der Waals surface area contributed by atoms with Gasteiger partial charge in [-0.15, -0.1) is 0 Å². The van der Waals surface area contributed by atoms with E-state index in [1.54, 1.807) is 13.2 Å². The SMILES string of the molecule is COc1cc(Cl)c(C)cc1NCC(=O)NC1(C#N)CCCCC1. The number of methoxy groups -OCH3 is 1. The fraction of sp³-hybridized carbons (Fsp3) is 0.529. The fourth-order valence-electron chi connectivity index (χ4n) is 2.88. The molecule has 23 heavy (non-hydrogen) atoms. The first-order valence-corrected chi connectivity index (χ1v) is 8.18. The van der Waals surface area contributed by atoms with Gasteiger partial charge in [-0.3, -0.25) is 4.79 Å². The maximum Gasteiger partial charge on any atom is 0.240 e. The highest BCUT2D eigenvalue weighted by molar-refractivity contribution is 6.31. The van der Waals surface area contributed by atoms with Crippen molar-refractivity contribution in [2.45, 2.75) is 44.6 Å². The van der Waals surface area contributed by atoms with Crippen molar-refractivity contribution in [3.8, 4) is 11.8 Å². The maximum atomic E-state index is 12.2. The quantitative estimate of drug-likeness (QED) is 0.864. The number of carbonyl (C=O) groups is 1. The first-order chi connectivity index (χ1) is 11.0. The molecule has 1 fully saturated rings. The van der Waals surface area contributed by atoms with Crippen LogP contribution in [0.1, 0.15) is 37.7 Å². The van der Waals surface area contributed by atoms with Crippen LogP contribution >= 0.6 is 11.6 Å². The van der Waals surface area contributed by atoms with E-state index in [-0.39, 0.29) is 12.5 Å². The molecular weight excluding hydrogens is 314 g/mol. The summed E-state index contributed by atoms with van der Waals surface area (Å²) in [6, 6.07) is 5.84. The van der Waals surface area contributed by atoms with Gasteiger partial charge in [0.2, 0.25) is 5.91 Å². The maximum absolute atomic E-state index is 12.2. The predicted octanol–water partition coefficient (Wildman–Crippen LogP) is 3.41. The topological polar surface area (TPSA) is 74.2 Å². The molecule has 1 amide bonds. The lowest BCUT2D eigenvalue weighted by molar-refractivity contribution is -0.121. The molecule has 0 unspecified atom stereocenters. The molecule has 0 heterocycles. The Morgan fingerprint density at radius 3 is 2.70 bits per heavy atom. The molecule has 1 aliphatic carbocycles. The molecule has 2 N–H and O–H groups in total. The van der Waals surface area contributed by atoms with E-state index in [1.165, 1.54) is 0 Å². The highest BCUT2D eigenvalue weighted by atomic mass is 35.5. The number of nitrogens with zero attached hydrogens (tertiary/aromatic N) is 1. The number of hydrogen-bond donors (Lipinski definition) is 2. The Balaban J connectivity index is 1.99. The van der Waals surface area contributed by atoms with Crippen LogP contribution in [0.2, 0.25) is 5.02 Å². The van der Waals surface area contributed by atoms with Crippen LogP contribution in [0, 0.1) is 18.3 Å². The highest BCUT2D eigenvalue weighted by Gasteiger charge is 2.33. The molecule has 1 aliphatic rings. The van der Waals surface area contributed by atoms with Crippen LogP contribution in [0.3, 0.4) is 0 Å². The minimum Gasteiger partial charge on any atom is -0.495 e. The zero-order chi connectivity index (χ0) is 16.9. The molecule has 1 aromatic rings. The van der Waals surface area contributed by atoms with Crippen molar-refractivity contribution >= 4 is 23.2 Å². The molecular formula is C17H22ClN3O2. The van der Waals surface area contributed by atoms with Crippen LogP contribution in [0.15, 0.2) is 12.1 Å². The van der Waals surface area contributed by atoms with E-state index in [0.717, 1.165) is 37.7 Å². The number of anilines is 1. The van der Waals surface area contributed by atoms with Crippen molar-refractivity contribution in [3.63, 3.8) is 0 Å². The molecule has 1 aromatic carbocycles. The van der Waals surface area contributed by atoms with E-state index in [4.69, 9.17) is 16.3 Å². The number of rotatable bonds is 5. The van der Waals surface area contributed by atoms with Gasteiger partial charge in [0, 0.05) is 11.1 Å². The summed E-state index contributed by atoms with van der Waals surface area (Å²) in [5, 5.41) is 16.0. The summed E-state index contributed by atoms with van der Waals surface area (Å²) in [5.74, 6) is 0.393. The van der Waals surface area contributed by atoms with E-state index >= 15 is 0 Å². The average Bonchev–Trinajstić information content (AvgIpc) is 2.56. The number of aryl methyl sites for hydroxylation is 1. The highest BCUT2D eigenvalue weighted by Crippen LogP contribution is 2.31. The Bertz CT molecular complexity index is 619. The molecule has 0 aromatic heterocycles. The van der Waals surface area contributed by atoms with Gasteiger partial charge in [0.25, 0.3) is 0 Å². The molecule has 5 nitrogen and oxygen atoms in total. The molecule has 124 valence electrons. The van der Waals surface area contributed by atoms with Crippen molar-refractivity contribution < 1.29 is 9.53 Å². The molecule has 0 radical (unpaired) electrons. The van der Waals surface area contributed by atoms with Gasteiger partial charge in [0.05, 0.1) is 25.4 Å². The Morgan fingerprint density at radius 1 is 1.39 bits per heavy atom. The number of benzene rings is 1. The van der Waals surface area contributed by atoms with E-state index < -0.39 is 5.54 Å². The van der Waals surface area contributed by atoms with Gasteiger partial charge >= 0.3 is 0 Å². The summed E-state index contributed by atoms with van der Waals surface area (Å²) in [4.78, 5) is 12.2. The zero-order valence-electron chi connectivity index (χ0n) is 13.5. The van der Waals surface area contributed by atoms with E-state index in [1.807, 2.05) is 13.0 Å². The van der Waals surface area contributed by atoms with Crippen molar-refractivity contribution in [1.29, 1.82) is 5.26 Å². The smallest absolute Gasteiger partial charge is 0.240 e. The molecule has 0 spiro atoms. The average molecular weight is 336 g/mol.